The van der Waals surface area contributed by atoms with Crippen LogP contribution in [0, 0.1) is 0 Å². The summed E-state index contributed by atoms with van der Waals surface area (Å²) in [5.74, 6) is 0. The molecule has 1 aromatic heterocycles. The van der Waals surface area contributed by atoms with Crippen molar-refractivity contribution in [3.8, 4) is 0 Å². The first-order valence-electron chi connectivity index (χ1n) is 4.90. The molecule has 76 valence electrons. The van der Waals surface area contributed by atoms with Gasteiger partial charge in [-0.15, -0.1) is 0 Å². The van der Waals surface area contributed by atoms with Gasteiger partial charge in [0.05, 0.1) is 5.69 Å². The Morgan fingerprint density at radius 3 is 2.27 bits per heavy atom. The van der Waals surface area contributed by atoms with Crippen molar-refractivity contribution in [2.75, 3.05) is 0 Å². The van der Waals surface area contributed by atoms with Gasteiger partial charge >= 0.3 is 0 Å². The van der Waals surface area contributed by atoms with E-state index >= 15 is 0 Å². The molecule has 1 aromatic carbocycles. The predicted octanol–water partition coefficient (Wildman–Crippen LogP) is 2.34. The topological polar surface area (TPSA) is 33.1 Å². The van der Waals surface area contributed by atoms with Gasteiger partial charge in [0.2, 0.25) is 0 Å². The minimum absolute atomic E-state index is 0.663. The molecule has 2 aromatic rings. The Morgan fingerprint density at radius 1 is 1.00 bits per heavy atom. The highest BCUT2D eigenvalue weighted by Gasteiger charge is 2.26. The van der Waals surface area contributed by atoms with Crippen LogP contribution in [0.15, 0.2) is 54.7 Å². The molecule has 2 nitrogen and oxygen atoms in total. The van der Waals surface area contributed by atoms with Crippen molar-refractivity contribution in [1.82, 2.24) is 4.98 Å². The van der Waals surface area contributed by atoms with Gasteiger partial charge in [-0.05, 0) is 24.6 Å². The number of nitrogens with zero attached hydrogens (tertiary/aromatic N) is 1. The van der Waals surface area contributed by atoms with Crippen LogP contribution in [0.25, 0.3) is 0 Å². The molecule has 0 aliphatic rings. The van der Waals surface area contributed by atoms with E-state index in [-0.39, 0.29) is 0 Å². The summed E-state index contributed by atoms with van der Waals surface area (Å²) in [5, 5.41) is 10.4. The van der Waals surface area contributed by atoms with E-state index in [0.717, 1.165) is 5.56 Å². The summed E-state index contributed by atoms with van der Waals surface area (Å²) in [6.45, 7) is 1.75. The van der Waals surface area contributed by atoms with Crippen LogP contribution in [0.1, 0.15) is 18.2 Å². The lowest BCUT2D eigenvalue weighted by atomic mass is 9.92. The van der Waals surface area contributed by atoms with Crippen LogP contribution in [0.5, 0.6) is 0 Å². The Morgan fingerprint density at radius 2 is 1.67 bits per heavy atom. The summed E-state index contributed by atoms with van der Waals surface area (Å²) in [5.41, 5.74) is 0.489. The second-order valence-corrected chi connectivity index (χ2v) is 3.65. The second-order valence-electron chi connectivity index (χ2n) is 3.65. The van der Waals surface area contributed by atoms with Crippen molar-refractivity contribution in [3.63, 3.8) is 0 Å². The SMILES string of the molecule is C[C@@](O)(c1ccccc1)c1ccccn1. The van der Waals surface area contributed by atoms with Crippen molar-refractivity contribution in [2.24, 2.45) is 0 Å². The fraction of sp³-hybridized carbons (Fsp3) is 0.154. The van der Waals surface area contributed by atoms with Gasteiger partial charge in [0.15, 0.2) is 0 Å². The molecule has 0 aliphatic heterocycles. The summed E-state index contributed by atoms with van der Waals surface area (Å²) in [4.78, 5) is 4.18. The first-order chi connectivity index (χ1) is 7.21. The Bertz CT molecular complexity index is 381. The molecular formula is C13H13NO. The third-order valence-electron chi connectivity index (χ3n) is 2.50. The number of hydrogen-bond donors (Lipinski definition) is 1. The fourth-order valence-corrected chi connectivity index (χ4v) is 1.56. The Hall–Kier alpha value is -1.67. The molecule has 0 amide bonds. The van der Waals surface area contributed by atoms with Gasteiger partial charge in [-0.1, -0.05) is 36.4 Å². The zero-order valence-corrected chi connectivity index (χ0v) is 8.59. The summed E-state index contributed by atoms with van der Waals surface area (Å²) >= 11 is 0. The second kappa shape index (κ2) is 3.83. The average Bonchev–Trinajstić information content (AvgIpc) is 2.31. The van der Waals surface area contributed by atoms with Crippen molar-refractivity contribution >= 4 is 0 Å². The lowest BCUT2D eigenvalue weighted by Crippen LogP contribution is -2.23. The minimum atomic E-state index is -1.03. The van der Waals surface area contributed by atoms with Crippen LogP contribution in [-0.4, -0.2) is 10.1 Å². The Balaban J connectivity index is 2.44. The number of aromatic nitrogens is 1. The monoisotopic (exact) mass is 199 g/mol. The third kappa shape index (κ3) is 1.90. The largest absolute Gasteiger partial charge is 0.379 e. The van der Waals surface area contributed by atoms with E-state index in [1.54, 1.807) is 13.1 Å². The molecule has 0 fully saturated rings. The maximum Gasteiger partial charge on any atom is 0.129 e. The third-order valence-corrected chi connectivity index (χ3v) is 2.50. The van der Waals surface area contributed by atoms with Crippen LogP contribution in [0.4, 0.5) is 0 Å². The zero-order valence-electron chi connectivity index (χ0n) is 8.59. The van der Waals surface area contributed by atoms with E-state index in [9.17, 15) is 5.11 Å². The maximum absolute atomic E-state index is 10.4. The van der Waals surface area contributed by atoms with Crippen molar-refractivity contribution in [3.05, 3.63) is 66.0 Å². The highest BCUT2D eigenvalue weighted by atomic mass is 16.3. The van der Waals surface area contributed by atoms with Crippen molar-refractivity contribution in [1.29, 1.82) is 0 Å². The predicted molar refractivity (Wildman–Crippen MR) is 59.4 cm³/mol. The summed E-state index contributed by atoms with van der Waals surface area (Å²) in [7, 11) is 0. The summed E-state index contributed by atoms with van der Waals surface area (Å²) in [6, 6.07) is 15.1. The molecule has 0 saturated heterocycles. The number of rotatable bonds is 2. The van der Waals surface area contributed by atoms with E-state index in [4.69, 9.17) is 0 Å². The van der Waals surface area contributed by atoms with Gasteiger partial charge in [-0.2, -0.15) is 0 Å². The first kappa shape index (κ1) is 9.87. The molecule has 0 aliphatic carbocycles. The molecule has 0 unspecified atom stereocenters. The first-order valence-corrected chi connectivity index (χ1v) is 4.90. The summed E-state index contributed by atoms with van der Waals surface area (Å²) in [6.07, 6.45) is 1.69. The summed E-state index contributed by atoms with van der Waals surface area (Å²) < 4.78 is 0. The van der Waals surface area contributed by atoms with Crippen LogP contribution < -0.4 is 0 Å². The molecule has 0 saturated carbocycles. The zero-order chi connectivity index (χ0) is 10.7. The van der Waals surface area contributed by atoms with Crippen LogP contribution in [0.2, 0.25) is 0 Å². The molecule has 1 N–H and O–H groups in total. The highest BCUT2D eigenvalue weighted by Crippen LogP contribution is 2.26. The molecule has 2 heteroatoms. The van der Waals surface area contributed by atoms with Gasteiger partial charge in [-0.25, -0.2) is 0 Å². The number of aliphatic hydroxyl groups is 1. The normalized spacial score (nSPS) is 14.5. The Kier molecular flexibility index (Phi) is 2.52. The highest BCUT2D eigenvalue weighted by molar-refractivity contribution is 5.30. The molecule has 1 heterocycles. The van der Waals surface area contributed by atoms with Gasteiger partial charge in [0.25, 0.3) is 0 Å². The molecule has 0 radical (unpaired) electrons. The number of hydrogen-bond acceptors (Lipinski definition) is 2. The van der Waals surface area contributed by atoms with E-state index in [0.29, 0.717) is 5.69 Å². The molecule has 15 heavy (non-hydrogen) atoms. The van der Waals surface area contributed by atoms with Gasteiger partial charge in [-0.3, -0.25) is 4.98 Å². The smallest absolute Gasteiger partial charge is 0.129 e. The van der Waals surface area contributed by atoms with E-state index in [1.165, 1.54) is 0 Å². The quantitative estimate of drug-likeness (QED) is 0.805. The van der Waals surface area contributed by atoms with Crippen LogP contribution in [-0.2, 0) is 5.60 Å². The lowest BCUT2D eigenvalue weighted by molar-refractivity contribution is 0.0974. The fourth-order valence-electron chi connectivity index (χ4n) is 1.56. The van der Waals surface area contributed by atoms with Crippen molar-refractivity contribution in [2.45, 2.75) is 12.5 Å². The molecule has 0 bridgehead atoms. The lowest BCUT2D eigenvalue weighted by Gasteiger charge is -2.22. The van der Waals surface area contributed by atoms with E-state index < -0.39 is 5.60 Å². The van der Waals surface area contributed by atoms with Crippen LogP contribution in [0.3, 0.4) is 0 Å². The molecular weight excluding hydrogens is 186 g/mol. The maximum atomic E-state index is 10.4. The van der Waals surface area contributed by atoms with E-state index in [2.05, 4.69) is 4.98 Å². The molecule has 1 atom stereocenters. The minimum Gasteiger partial charge on any atom is -0.379 e. The molecule has 0 spiro atoms. The average molecular weight is 199 g/mol. The molecule has 2 rings (SSSR count). The number of pyridine rings is 1. The van der Waals surface area contributed by atoms with E-state index in [1.807, 2.05) is 48.5 Å². The number of benzene rings is 1. The van der Waals surface area contributed by atoms with Gasteiger partial charge in [0, 0.05) is 6.20 Å². The standard InChI is InChI=1S/C13H13NO/c1-13(15,11-7-3-2-4-8-11)12-9-5-6-10-14-12/h2-10,15H,1H3/t13-/m1/s1. The van der Waals surface area contributed by atoms with Gasteiger partial charge in [0.1, 0.15) is 5.60 Å². The van der Waals surface area contributed by atoms with Crippen molar-refractivity contribution < 1.29 is 5.11 Å². The van der Waals surface area contributed by atoms with Crippen LogP contribution >= 0.6 is 0 Å². The van der Waals surface area contributed by atoms with Gasteiger partial charge < -0.3 is 5.11 Å². The Labute approximate surface area is 89.2 Å².